The maximum absolute atomic E-state index is 12.8. The number of nitrogens with zero attached hydrogens (tertiary/aromatic N) is 4. The SMILES string of the molecule is O=C(c1cnn2c1CCC2)N1CCCC(c2n[nH]c(=O)[nH]2)C1. The molecule has 22 heavy (non-hydrogen) atoms. The minimum Gasteiger partial charge on any atom is -0.338 e. The van der Waals surface area contributed by atoms with Crippen LogP contribution in [0.3, 0.4) is 0 Å². The van der Waals surface area contributed by atoms with Crippen LogP contribution in [-0.4, -0.2) is 48.9 Å². The van der Waals surface area contributed by atoms with Gasteiger partial charge in [-0.3, -0.25) is 14.5 Å². The highest BCUT2D eigenvalue weighted by Crippen LogP contribution is 2.26. The summed E-state index contributed by atoms with van der Waals surface area (Å²) in [5.74, 6) is 0.772. The number of nitrogens with one attached hydrogen (secondary N) is 2. The van der Waals surface area contributed by atoms with E-state index in [0.717, 1.165) is 50.0 Å². The highest BCUT2D eigenvalue weighted by Gasteiger charge is 2.30. The molecule has 1 fully saturated rings. The molecule has 8 heteroatoms. The van der Waals surface area contributed by atoms with E-state index in [9.17, 15) is 9.59 Å². The third-order valence-corrected chi connectivity index (χ3v) is 4.58. The second-order valence-electron chi connectivity index (χ2n) is 5.98. The Morgan fingerprint density at radius 2 is 2.23 bits per heavy atom. The molecule has 1 atom stereocenters. The van der Waals surface area contributed by atoms with Crippen LogP contribution in [0.15, 0.2) is 11.0 Å². The van der Waals surface area contributed by atoms with Gasteiger partial charge in [0, 0.05) is 25.6 Å². The zero-order chi connectivity index (χ0) is 15.1. The van der Waals surface area contributed by atoms with Gasteiger partial charge in [0.1, 0.15) is 5.82 Å². The van der Waals surface area contributed by atoms with Gasteiger partial charge in [-0.2, -0.15) is 10.2 Å². The van der Waals surface area contributed by atoms with Gasteiger partial charge in [-0.15, -0.1) is 0 Å². The largest absolute Gasteiger partial charge is 0.340 e. The van der Waals surface area contributed by atoms with Crippen LogP contribution in [0, 0.1) is 0 Å². The number of hydrogen-bond acceptors (Lipinski definition) is 4. The second kappa shape index (κ2) is 5.11. The summed E-state index contributed by atoms with van der Waals surface area (Å²) in [5.41, 5.74) is 1.49. The quantitative estimate of drug-likeness (QED) is 0.831. The fourth-order valence-electron chi connectivity index (χ4n) is 3.47. The molecule has 0 aliphatic carbocycles. The van der Waals surface area contributed by atoms with Crippen molar-refractivity contribution in [3.05, 3.63) is 33.8 Å². The van der Waals surface area contributed by atoms with Crippen LogP contribution in [0.5, 0.6) is 0 Å². The number of piperidine rings is 1. The summed E-state index contributed by atoms with van der Waals surface area (Å²) < 4.78 is 1.93. The minimum atomic E-state index is -0.298. The summed E-state index contributed by atoms with van der Waals surface area (Å²) in [6.07, 6.45) is 5.51. The fourth-order valence-corrected chi connectivity index (χ4v) is 3.47. The van der Waals surface area contributed by atoms with E-state index in [2.05, 4.69) is 20.3 Å². The molecule has 1 unspecified atom stereocenters. The molecule has 1 amide bonds. The lowest BCUT2D eigenvalue weighted by Gasteiger charge is -2.31. The van der Waals surface area contributed by atoms with Crippen LogP contribution in [0.2, 0.25) is 0 Å². The Bertz CT molecular complexity index is 757. The number of aromatic nitrogens is 5. The Balaban J connectivity index is 1.54. The average Bonchev–Trinajstić information content (AvgIpc) is 3.22. The third-order valence-electron chi connectivity index (χ3n) is 4.58. The molecule has 2 aliphatic heterocycles. The molecule has 2 N–H and O–H groups in total. The molecule has 0 aromatic carbocycles. The van der Waals surface area contributed by atoms with Crippen molar-refractivity contribution < 1.29 is 4.79 Å². The maximum Gasteiger partial charge on any atom is 0.340 e. The van der Waals surface area contributed by atoms with E-state index in [1.165, 1.54) is 0 Å². The number of amides is 1. The van der Waals surface area contributed by atoms with Crippen molar-refractivity contribution in [1.29, 1.82) is 0 Å². The second-order valence-corrected chi connectivity index (χ2v) is 5.98. The molecule has 116 valence electrons. The van der Waals surface area contributed by atoms with Crippen LogP contribution in [0.4, 0.5) is 0 Å². The number of fused-ring (bicyclic) bond motifs is 1. The van der Waals surface area contributed by atoms with Gasteiger partial charge in [0.05, 0.1) is 17.5 Å². The summed E-state index contributed by atoms with van der Waals surface area (Å²) in [5, 5.41) is 10.7. The first-order valence-corrected chi connectivity index (χ1v) is 7.71. The predicted octanol–water partition coefficient (Wildman–Crippen LogP) is 0.260. The summed E-state index contributed by atoms with van der Waals surface area (Å²) >= 11 is 0. The molecule has 4 rings (SSSR count). The lowest BCUT2D eigenvalue weighted by molar-refractivity contribution is 0.0703. The van der Waals surface area contributed by atoms with Crippen LogP contribution < -0.4 is 5.69 Å². The Morgan fingerprint density at radius 3 is 3.05 bits per heavy atom. The normalized spacial score (nSPS) is 21.1. The van der Waals surface area contributed by atoms with Crippen molar-refractivity contribution in [3.8, 4) is 0 Å². The van der Waals surface area contributed by atoms with E-state index in [-0.39, 0.29) is 17.5 Å². The van der Waals surface area contributed by atoms with E-state index in [4.69, 9.17) is 0 Å². The van der Waals surface area contributed by atoms with Crippen LogP contribution in [0.25, 0.3) is 0 Å². The Hall–Kier alpha value is -2.38. The first-order valence-electron chi connectivity index (χ1n) is 7.71. The number of aromatic amines is 2. The molecule has 8 nitrogen and oxygen atoms in total. The van der Waals surface area contributed by atoms with Gasteiger partial charge in [0.2, 0.25) is 0 Å². The number of rotatable bonds is 2. The van der Waals surface area contributed by atoms with Gasteiger partial charge in [-0.25, -0.2) is 9.89 Å². The zero-order valence-corrected chi connectivity index (χ0v) is 12.2. The molecule has 0 spiro atoms. The predicted molar refractivity (Wildman–Crippen MR) is 77.6 cm³/mol. The molecule has 0 bridgehead atoms. The molecule has 2 aromatic heterocycles. The van der Waals surface area contributed by atoms with Gasteiger partial charge in [-0.05, 0) is 25.7 Å². The first kappa shape index (κ1) is 13.3. The molecule has 0 saturated carbocycles. The number of carbonyl (C=O) groups is 1. The van der Waals surface area contributed by atoms with E-state index >= 15 is 0 Å². The monoisotopic (exact) mass is 302 g/mol. The smallest absolute Gasteiger partial charge is 0.338 e. The van der Waals surface area contributed by atoms with Crippen molar-refractivity contribution in [2.45, 2.75) is 38.1 Å². The van der Waals surface area contributed by atoms with Gasteiger partial charge >= 0.3 is 5.69 Å². The molecule has 0 radical (unpaired) electrons. The Labute approximate surface area is 126 Å². The highest BCUT2D eigenvalue weighted by molar-refractivity contribution is 5.95. The van der Waals surface area contributed by atoms with Crippen molar-refractivity contribution in [2.24, 2.45) is 0 Å². The van der Waals surface area contributed by atoms with E-state index in [0.29, 0.717) is 12.4 Å². The summed E-state index contributed by atoms with van der Waals surface area (Å²) in [6, 6.07) is 0. The molecule has 1 saturated heterocycles. The summed E-state index contributed by atoms with van der Waals surface area (Å²) in [6.45, 7) is 2.23. The van der Waals surface area contributed by atoms with Gasteiger partial charge < -0.3 is 4.90 Å². The number of aryl methyl sites for hydroxylation is 1. The Kier molecular flexibility index (Phi) is 3.09. The minimum absolute atomic E-state index is 0.0470. The third kappa shape index (κ3) is 2.15. The number of carbonyl (C=O) groups excluding carboxylic acids is 1. The molecular formula is C14H18N6O2. The van der Waals surface area contributed by atoms with Gasteiger partial charge in [0.15, 0.2) is 0 Å². The topological polar surface area (TPSA) is 99.7 Å². The number of hydrogen-bond donors (Lipinski definition) is 2. The maximum atomic E-state index is 12.8. The summed E-state index contributed by atoms with van der Waals surface area (Å²) in [7, 11) is 0. The van der Waals surface area contributed by atoms with Gasteiger partial charge in [-0.1, -0.05) is 0 Å². The van der Waals surface area contributed by atoms with E-state index < -0.39 is 0 Å². The van der Waals surface area contributed by atoms with Crippen LogP contribution >= 0.6 is 0 Å². The van der Waals surface area contributed by atoms with Crippen molar-refractivity contribution in [3.63, 3.8) is 0 Å². The average molecular weight is 302 g/mol. The first-order chi connectivity index (χ1) is 10.7. The number of H-pyrrole nitrogens is 2. The summed E-state index contributed by atoms with van der Waals surface area (Å²) in [4.78, 5) is 28.5. The van der Waals surface area contributed by atoms with Crippen LogP contribution in [0.1, 0.15) is 47.1 Å². The lowest BCUT2D eigenvalue weighted by Crippen LogP contribution is -2.39. The van der Waals surface area contributed by atoms with Crippen molar-refractivity contribution >= 4 is 5.91 Å². The number of likely N-dealkylation sites (tertiary alicyclic amines) is 1. The molecular weight excluding hydrogens is 284 g/mol. The van der Waals surface area contributed by atoms with E-state index in [1.807, 2.05) is 9.58 Å². The van der Waals surface area contributed by atoms with E-state index in [1.54, 1.807) is 6.20 Å². The van der Waals surface area contributed by atoms with Crippen molar-refractivity contribution in [2.75, 3.05) is 13.1 Å². The molecule has 4 heterocycles. The standard InChI is InChI=1S/C14H18N6O2/c21-13(10-7-15-20-6-2-4-11(10)20)19-5-1-3-9(8-19)12-16-14(22)18-17-12/h7,9H,1-6,8H2,(H2,16,17,18,22). The lowest BCUT2D eigenvalue weighted by atomic mass is 9.96. The highest BCUT2D eigenvalue weighted by atomic mass is 16.2. The molecule has 2 aromatic rings. The molecule has 2 aliphatic rings. The van der Waals surface area contributed by atoms with Crippen LogP contribution in [-0.2, 0) is 13.0 Å². The van der Waals surface area contributed by atoms with Gasteiger partial charge in [0.25, 0.3) is 5.91 Å². The van der Waals surface area contributed by atoms with Crippen molar-refractivity contribution in [1.82, 2.24) is 29.9 Å². The Morgan fingerprint density at radius 1 is 1.32 bits per heavy atom. The zero-order valence-electron chi connectivity index (χ0n) is 12.2. The fraction of sp³-hybridized carbons (Fsp3) is 0.571.